The topological polar surface area (TPSA) is 3.24 Å². The quantitative estimate of drug-likeness (QED) is 0.170. The van der Waals surface area contributed by atoms with Gasteiger partial charge < -0.3 is 4.90 Å². The number of benzene rings is 7. The molecule has 0 amide bonds. The van der Waals surface area contributed by atoms with Gasteiger partial charge in [-0.2, -0.15) is 0 Å². The Morgan fingerprint density at radius 2 is 1.05 bits per heavy atom. The lowest BCUT2D eigenvalue weighted by atomic mass is 9.57. The molecule has 56 heavy (non-hydrogen) atoms. The Bertz CT molecular complexity index is 2850. The van der Waals surface area contributed by atoms with Crippen LogP contribution in [0, 0.1) is 0 Å². The van der Waals surface area contributed by atoms with Crippen LogP contribution in [-0.4, -0.2) is 0 Å². The van der Waals surface area contributed by atoms with Crippen molar-refractivity contribution in [3.05, 3.63) is 209 Å². The van der Waals surface area contributed by atoms with Crippen LogP contribution in [0.4, 0.5) is 11.4 Å². The zero-order chi connectivity index (χ0) is 37.4. The molecule has 1 heterocycles. The zero-order valence-electron chi connectivity index (χ0n) is 31.9. The van der Waals surface area contributed by atoms with Crippen molar-refractivity contribution in [3.63, 3.8) is 0 Å². The van der Waals surface area contributed by atoms with Gasteiger partial charge in [0.2, 0.25) is 0 Å². The van der Waals surface area contributed by atoms with Crippen LogP contribution in [0.3, 0.4) is 0 Å². The number of nitrogens with zero attached hydrogens (tertiary/aromatic N) is 1. The van der Waals surface area contributed by atoms with E-state index < -0.39 is 0 Å². The van der Waals surface area contributed by atoms with E-state index in [0.717, 1.165) is 25.7 Å². The third-order valence-electron chi connectivity index (χ3n) is 13.5. The van der Waals surface area contributed by atoms with E-state index in [4.69, 9.17) is 0 Å². The standard InChI is InChI=1S/C54H43NS/c1-36(55(50-26-14-9-19-41(50)38-16-4-3-5-17-38)39-28-29-45-44-22-10-15-27-51(44)56-52(45)35-39)34-49-37(2)40-18-6-11-23-46(40)54(49)32-30-53(31-33-54)47-24-12-7-20-42(47)43-21-8-13-25-48(43)53/h3-29,34-35H,30-33H2,1-2H3/b36-34+. The monoisotopic (exact) mass is 737 g/mol. The second-order valence-electron chi connectivity index (χ2n) is 16.1. The molecule has 0 radical (unpaired) electrons. The van der Waals surface area contributed by atoms with Gasteiger partial charge >= 0.3 is 0 Å². The van der Waals surface area contributed by atoms with E-state index in [0.29, 0.717) is 0 Å². The second kappa shape index (κ2) is 12.8. The van der Waals surface area contributed by atoms with Crippen molar-refractivity contribution in [2.45, 2.75) is 50.4 Å². The molecular weight excluding hydrogens is 695 g/mol. The van der Waals surface area contributed by atoms with Crippen molar-refractivity contribution in [2.75, 3.05) is 4.90 Å². The van der Waals surface area contributed by atoms with E-state index in [2.05, 4.69) is 195 Å². The predicted molar refractivity (Wildman–Crippen MR) is 239 cm³/mol. The van der Waals surface area contributed by atoms with Crippen LogP contribution in [0.25, 0.3) is 48.0 Å². The van der Waals surface area contributed by atoms with Gasteiger partial charge in [-0.15, -0.1) is 11.3 Å². The van der Waals surface area contributed by atoms with Gasteiger partial charge in [0.1, 0.15) is 0 Å². The molecule has 0 bridgehead atoms. The van der Waals surface area contributed by atoms with E-state index in [1.54, 1.807) is 0 Å². The number of thiophene rings is 1. The van der Waals surface area contributed by atoms with Crippen LogP contribution in [0.15, 0.2) is 187 Å². The first-order valence-corrected chi connectivity index (χ1v) is 20.9. The lowest BCUT2D eigenvalue weighted by Crippen LogP contribution is -2.39. The van der Waals surface area contributed by atoms with Gasteiger partial charge in [0.25, 0.3) is 0 Å². The van der Waals surface area contributed by atoms with Gasteiger partial charge in [-0.3, -0.25) is 0 Å². The summed E-state index contributed by atoms with van der Waals surface area (Å²) in [6.45, 7) is 4.71. The van der Waals surface area contributed by atoms with Crippen molar-refractivity contribution in [1.82, 2.24) is 0 Å². The fourth-order valence-electron chi connectivity index (χ4n) is 10.9. The largest absolute Gasteiger partial charge is 0.314 e. The number of hydrogen-bond donors (Lipinski definition) is 0. The first-order chi connectivity index (χ1) is 27.6. The molecule has 0 N–H and O–H groups in total. The van der Waals surface area contributed by atoms with Crippen molar-refractivity contribution in [2.24, 2.45) is 0 Å². The summed E-state index contributed by atoms with van der Waals surface area (Å²) in [5.41, 5.74) is 17.8. The molecule has 0 saturated heterocycles. The summed E-state index contributed by atoms with van der Waals surface area (Å²) < 4.78 is 2.64. The van der Waals surface area contributed by atoms with E-state index in [9.17, 15) is 0 Å². The molecule has 0 atom stereocenters. The molecule has 0 aliphatic heterocycles. The normalized spacial score (nSPS) is 16.4. The van der Waals surface area contributed by atoms with Gasteiger partial charge in [0.05, 0.1) is 5.69 Å². The molecule has 1 saturated carbocycles. The van der Waals surface area contributed by atoms with Crippen molar-refractivity contribution < 1.29 is 0 Å². The number of anilines is 2. The molecule has 3 aliphatic carbocycles. The Balaban J connectivity index is 1.07. The van der Waals surface area contributed by atoms with Crippen molar-refractivity contribution in [3.8, 4) is 22.3 Å². The first-order valence-electron chi connectivity index (χ1n) is 20.1. The molecular formula is C54H43NS. The molecule has 1 fully saturated rings. The maximum Gasteiger partial charge on any atom is 0.0536 e. The summed E-state index contributed by atoms with van der Waals surface area (Å²) in [7, 11) is 0. The number of allylic oxidation sites excluding steroid dienone is 4. The first kappa shape index (κ1) is 33.4. The SMILES string of the molecule is CC1=C(/C=C(\C)N(c2ccc3c(c2)sc2ccccc23)c2ccccc2-c2ccccc2)C2(CCC3(CC2)c2ccccc2-c2ccccc23)c2ccccc21. The molecule has 8 aromatic rings. The lowest BCUT2D eigenvalue weighted by Gasteiger charge is -2.46. The summed E-state index contributed by atoms with van der Waals surface area (Å²) in [5.74, 6) is 0. The summed E-state index contributed by atoms with van der Waals surface area (Å²) in [4.78, 5) is 2.52. The third kappa shape index (κ3) is 4.85. The van der Waals surface area contributed by atoms with Crippen LogP contribution in [-0.2, 0) is 10.8 Å². The number of hydrogen-bond acceptors (Lipinski definition) is 2. The van der Waals surface area contributed by atoms with Crippen LogP contribution >= 0.6 is 11.3 Å². The molecule has 2 heteroatoms. The van der Waals surface area contributed by atoms with Gasteiger partial charge in [-0.1, -0.05) is 146 Å². The van der Waals surface area contributed by atoms with Gasteiger partial charge in [0.15, 0.2) is 0 Å². The second-order valence-corrected chi connectivity index (χ2v) is 17.2. The Labute approximate surface area is 333 Å². The molecule has 270 valence electrons. The maximum absolute atomic E-state index is 2.57. The van der Waals surface area contributed by atoms with Crippen LogP contribution < -0.4 is 4.90 Å². The number of para-hydroxylation sites is 1. The van der Waals surface area contributed by atoms with E-state index in [1.165, 1.54) is 92.9 Å². The average Bonchev–Trinajstić information content (AvgIpc) is 3.84. The Kier molecular flexibility index (Phi) is 7.63. The van der Waals surface area contributed by atoms with Crippen LogP contribution in [0.1, 0.15) is 61.8 Å². The van der Waals surface area contributed by atoms with Gasteiger partial charge in [-0.05, 0) is 120 Å². The van der Waals surface area contributed by atoms with E-state index in [1.807, 2.05) is 11.3 Å². The highest BCUT2D eigenvalue weighted by Crippen LogP contribution is 2.63. The summed E-state index contributed by atoms with van der Waals surface area (Å²) in [6.07, 6.45) is 7.04. The molecule has 11 rings (SSSR count). The Morgan fingerprint density at radius 1 is 0.518 bits per heavy atom. The highest BCUT2D eigenvalue weighted by molar-refractivity contribution is 7.25. The Morgan fingerprint density at radius 3 is 1.77 bits per heavy atom. The number of fused-ring (bicyclic) bond motifs is 10. The minimum absolute atomic E-state index is 0.0497. The van der Waals surface area contributed by atoms with E-state index >= 15 is 0 Å². The Hall–Kier alpha value is -5.96. The summed E-state index contributed by atoms with van der Waals surface area (Å²) in [6, 6.07) is 63.4. The molecule has 1 aromatic heterocycles. The van der Waals surface area contributed by atoms with Crippen molar-refractivity contribution in [1.29, 1.82) is 0 Å². The average molecular weight is 738 g/mol. The molecule has 7 aromatic carbocycles. The highest BCUT2D eigenvalue weighted by atomic mass is 32.1. The molecule has 1 nitrogen and oxygen atoms in total. The summed E-state index contributed by atoms with van der Waals surface area (Å²) in [5, 5.41) is 2.65. The maximum atomic E-state index is 2.57. The van der Waals surface area contributed by atoms with E-state index in [-0.39, 0.29) is 10.8 Å². The fourth-order valence-corrected chi connectivity index (χ4v) is 12.0. The lowest BCUT2D eigenvalue weighted by molar-refractivity contribution is 0.263. The minimum atomic E-state index is -0.0558. The molecule has 3 aliphatic rings. The van der Waals surface area contributed by atoms with Crippen LogP contribution in [0.5, 0.6) is 0 Å². The van der Waals surface area contributed by atoms with Gasteiger partial charge in [-0.25, -0.2) is 0 Å². The summed E-state index contributed by atoms with van der Waals surface area (Å²) >= 11 is 1.89. The molecule has 2 spiro atoms. The van der Waals surface area contributed by atoms with Gasteiger partial charge in [0, 0.05) is 48.0 Å². The minimum Gasteiger partial charge on any atom is -0.314 e. The highest BCUT2D eigenvalue weighted by Gasteiger charge is 2.53. The zero-order valence-corrected chi connectivity index (χ0v) is 32.7. The predicted octanol–water partition coefficient (Wildman–Crippen LogP) is 15.0. The molecule has 0 unspecified atom stereocenters. The number of rotatable bonds is 5. The fraction of sp³-hybridized carbons (Fsp3) is 0.148. The van der Waals surface area contributed by atoms with Crippen LogP contribution in [0.2, 0.25) is 0 Å². The van der Waals surface area contributed by atoms with Crippen molar-refractivity contribution >= 4 is 48.5 Å². The smallest absolute Gasteiger partial charge is 0.0536 e. The third-order valence-corrected chi connectivity index (χ3v) is 14.6.